The van der Waals surface area contributed by atoms with E-state index in [9.17, 15) is 4.79 Å². The molecule has 2 aromatic heterocycles. The number of amides is 1. The molecule has 4 heterocycles. The highest BCUT2D eigenvalue weighted by molar-refractivity contribution is 5.94. The quantitative estimate of drug-likeness (QED) is 0.673. The van der Waals surface area contributed by atoms with E-state index in [0.717, 1.165) is 44.7 Å². The molecule has 0 aromatic carbocycles. The first kappa shape index (κ1) is 25.9. The van der Waals surface area contributed by atoms with Gasteiger partial charge >= 0.3 is 0 Å². The number of hydrogen-bond donors (Lipinski definition) is 2. The first-order valence-corrected chi connectivity index (χ1v) is 11.1. The van der Waals surface area contributed by atoms with Crippen LogP contribution in [0.2, 0.25) is 0 Å². The summed E-state index contributed by atoms with van der Waals surface area (Å²) in [7, 11) is 0. The van der Waals surface area contributed by atoms with Gasteiger partial charge in [0.1, 0.15) is 0 Å². The lowest BCUT2D eigenvalue weighted by atomic mass is 9.86. The van der Waals surface area contributed by atoms with Crippen LogP contribution in [0.25, 0.3) is 0 Å². The Morgan fingerprint density at radius 3 is 2.36 bits per heavy atom. The molecule has 178 valence electrons. The molecule has 33 heavy (non-hydrogen) atoms. The third-order valence-electron chi connectivity index (χ3n) is 6.11. The number of carbonyl (C=O) groups is 3. The van der Waals surface area contributed by atoms with Crippen LogP contribution in [-0.4, -0.2) is 74.0 Å². The number of nitrogens with zero attached hydrogens (tertiary/aromatic N) is 4. The molecule has 2 fully saturated rings. The van der Waals surface area contributed by atoms with Crippen molar-refractivity contribution in [3.8, 4) is 0 Å². The fraction of sp³-hybridized carbons (Fsp3) is 0.458. The Labute approximate surface area is 194 Å². The van der Waals surface area contributed by atoms with Gasteiger partial charge in [0, 0.05) is 49.5 Å². The Morgan fingerprint density at radius 2 is 1.79 bits per heavy atom. The molecule has 2 aromatic rings. The van der Waals surface area contributed by atoms with Crippen LogP contribution in [0.1, 0.15) is 54.2 Å². The number of aryl methyl sites for hydroxylation is 1. The summed E-state index contributed by atoms with van der Waals surface area (Å²) >= 11 is 0. The van der Waals surface area contributed by atoms with Crippen molar-refractivity contribution in [3.63, 3.8) is 0 Å². The fourth-order valence-electron chi connectivity index (χ4n) is 4.64. The van der Waals surface area contributed by atoms with Crippen molar-refractivity contribution in [2.24, 2.45) is 0 Å². The highest BCUT2D eigenvalue weighted by Gasteiger charge is 2.44. The van der Waals surface area contributed by atoms with Crippen molar-refractivity contribution in [2.45, 2.75) is 51.1 Å². The Kier molecular flexibility index (Phi) is 10.4. The zero-order chi connectivity index (χ0) is 24.1. The van der Waals surface area contributed by atoms with Gasteiger partial charge in [0.2, 0.25) is 0 Å². The van der Waals surface area contributed by atoms with Crippen LogP contribution in [0.4, 0.5) is 0 Å². The smallest absolute Gasteiger partial charge is 0.290 e. The number of hydrogen-bond acceptors (Lipinski definition) is 6. The molecule has 9 heteroatoms. The maximum atomic E-state index is 13.1. The zero-order valence-electron chi connectivity index (χ0n) is 19.0. The average Bonchev–Trinajstić information content (AvgIpc) is 3.21. The molecule has 2 saturated heterocycles. The normalized spacial score (nSPS) is 19.6. The summed E-state index contributed by atoms with van der Waals surface area (Å²) in [6.45, 7) is 5.26. The molecule has 1 atom stereocenters. The van der Waals surface area contributed by atoms with Crippen molar-refractivity contribution in [1.82, 2.24) is 19.8 Å². The molecule has 0 bridgehead atoms. The van der Waals surface area contributed by atoms with Gasteiger partial charge in [-0.05, 0) is 62.4 Å². The molecule has 1 unspecified atom stereocenters. The maximum Gasteiger partial charge on any atom is 0.290 e. The Bertz CT molecular complexity index is 872. The lowest BCUT2D eigenvalue weighted by Gasteiger charge is -2.46. The van der Waals surface area contributed by atoms with E-state index in [1.807, 2.05) is 35.5 Å². The number of piperidine rings is 1. The van der Waals surface area contributed by atoms with Gasteiger partial charge in [-0.15, -0.1) is 0 Å². The largest absolute Gasteiger partial charge is 0.483 e. The van der Waals surface area contributed by atoms with Crippen LogP contribution in [0.3, 0.4) is 0 Å². The minimum Gasteiger partial charge on any atom is -0.483 e. The van der Waals surface area contributed by atoms with Gasteiger partial charge in [-0.1, -0.05) is 13.0 Å². The lowest BCUT2D eigenvalue weighted by molar-refractivity contribution is -0.123. The van der Waals surface area contributed by atoms with E-state index in [0.29, 0.717) is 5.56 Å². The third-order valence-corrected chi connectivity index (χ3v) is 6.11. The molecule has 4 rings (SSSR count). The third kappa shape index (κ3) is 7.08. The van der Waals surface area contributed by atoms with Gasteiger partial charge in [-0.2, -0.15) is 0 Å². The van der Waals surface area contributed by atoms with Crippen LogP contribution in [0.15, 0.2) is 42.9 Å². The molecule has 2 aliphatic rings. The monoisotopic (exact) mass is 456 g/mol. The first-order valence-electron chi connectivity index (χ1n) is 11.1. The summed E-state index contributed by atoms with van der Waals surface area (Å²) in [5.41, 5.74) is 3.10. The fourth-order valence-corrected chi connectivity index (χ4v) is 4.64. The van der Waals surface area contributed by atoms with Crippen LogP contribution in [0.5, 0.6) is 0 Å². The molecule has 0 saturated carbocycles. The minimum absolute atomic E-state index is 0.112. The van der Waals surface area contributed by atoms with Crippen molar-refractivity contribution in [2.75, 3.05) is 19.6 Å². The summed E-state index contributed by atoms with van der Waals surface area (Å²) in [5, 5.41) is 13.8. The summed E-state index contributed by atoms with van der Waals surface area (Å²) in [4.78, 5) is 43.1. The molecule has 1 spiro atoms. The minimum atomic E-state index is -0.250. The predicted octanol–water partition coefficient (Wildman–Crippen LogP) is 2.71. The van der Waals surface area contributed by atoms with E-state index < -0.39 is 0 Å². The molecule has 9 nitrogen and oxygen atoms in total. The zero-order valence-corrected chi connectivity index (χ0v) is 19.0. The lowest BCUT2D eigenvalue weighted by Crippen LogP contribution is -2.56. The van der Waals surface area contributed by atoms with E-state index in [-0.39, 0.29) is 24.4 Å². The second-order valence-electron chi connectivity index (χ2n) is 8.04. The van der Waals surface area contributed by atoms with Gasteiger partial charge in [0.15, 0.2) is 0 Å². The van der Waals surface area contributed by atoms with E-state index >= 15 is 0 Å². The first-order chi connectivity index (χ1) is 16.0. The molecular formula is C24H32N4O5. The Hall–Kier alpha value is -3.33. The van der Waals surface area contributed by atoms with E-state index in [4.69, 9.17) is 19.8 Å². The summed E-state index contributed by atoms with van der Waals surface area (Å²) in [5.74, 6) is 0.123. The number of aromatic nitrogens is 2. The van der Waals surface area contributed by atoms with Crippen molar-refractivity contribution < 1.29 is 24.6 Å². The molecule has 0 radical (unpaired) electrons. The predicted molar refractivity (Wildman–Crippen MR) is 123 cm³/mol. The van der Waals surface area contributed by atoms with Crippen LogP contribution in [-0.2, 0) is 22.6 Å². The number of carboxylic acid groups (broad SMARTS) is 2. The van der Waals surface area contributed by atoms with Gasteiger partial charge in [0.25, 0.3) is 18.9 Å². The number of carbonyl (C=O) groups excluding carboxylic acids is 1. The molecule has 0 aliphatic carbocycles. The molecular weight excluding hydrogens is 424 g/mol. The highest BCUT2D eigenvalue weighted by atomic mass is 16.3. The number of likely N-dealkylation sites (tertiary alicyclic amines) is 2. The van der Waals surface area contributed by atoms with E-state index in [1.54, 1.807) is 6.20 Å². The Balaban J connectivity index is 0.000000582. The number of rotatable bonds is 4. The molecule has 1 amide bonds. The standard InChI is InChI=1S/C22H28N4O.2CH2O2/c1-2-20-8-7-19(15-24-20)21(27)25-12-4-9-22(17-25)10-5-13-26(22)16-18-6-3-11-23-14-18;2*2-1-3/h3,6-8,11,14-15H,2,4-5,9-10,12-13,16-17H2,1H3;2*1H,(H,2,3). The molecule has 2 N–H and O–H groups in total. The molecule has 2 aliphatic heterocycles. The van der Waals surface area contributed by atoms with Crippen LogP contribution < -0.4 is 0 Å². The summed E-state index contributed by atoms with van der Waals surface area (Å²) in [6, 6.07) is 8.04. The number of pyridine rings is 2. The van der Waals surface area contributed by atoms with Gasteiger partial charge in [-0.25, -0.2) is 0 Å². The van der Waals surface area contributed by atoms with Gasteiger partial charge in [0.05, 0.1) is 5.56 Å². The van der Waals surface area contributed by atoms with Crippen molar-refractivity contribution in [3.05, 3.63) is 59.7 Å². The second-order valence-corrected chi connectivity index (χ2v) is 8.04. The van der Waals surface area contributed by atoms with Crippen molar-refractivity contribution >= 4 is 18.9 Å². The highest BCUT2D eigenvalue weighted by Crippen LogP contribution is 2.38. The summed E-state index contributed by atoms with van der Waals surface area (Å²) in [6.07, 6.45) is 11.0. The second kappa shape index (κ2) is 13.3. The van der Waals surface area contributed by atoms with Crippen LogP contribution in [0, 0.1) is 0 Å². The van der Waals surface area contributed by atoms with Crippen molar-refractivity contribution in [1.29, 1.82) is 0 Å². The summed E-state index contributed by atoms with van der Waals surface area (Å²) < 4.78 is 0. The maximum absolute atomic E-state index is 13.1. The van der Waals surface area contributed by atoms with E-state index in [2.05, 4.69) is 27.9 Å². The average molecular weight is 457 g/mol. The van der Waals surface area contributed by atoms with Gasteiger partial charge < -0.3 is 15.1 Å². The van der Waals surface area contributed by atoms with Gasteiger partial charge in [-0.3, -0.25) is 29.3 Å². The van der Waals surface area contributed by atoms with Crippen LogP contribution >= 0.6 is 0 Å². The topological polar surface area (TPSA) is 124 Å². The van der Waals surface area contributed by atoms with E-state index in [1.165, 1.54) is 24.8 Å². The Morgan fingerprint density at radius 1 is 1.09 bits per heavy atom. The SMILES string of the molecule is CCc1ccc(C(=O)N2CCCC3(CCCN3Cc3cccnc3)C2)cn1.O=CO.O=CO.